The van der Waals surface area contributed by atoms with Crippen molar-refractivity contribution in [3.05, 3.63) is 53.8 Å². The topological polar surface area (TPSA) is 122 Å². The smallest absolute Gasteiger partial charge is 0.266 e. The molecule has 2 heterocycles. The molecular weight excluding hydrogens is 487 g/mol. The Kier molecular flexibility index (Phi) is 11.4. The summed E-state index contributed by atoms with van der Waals surface area (Å²) < 4.78 is 48.9. The van der Waals surface area contributed by atoms with Crippen molar-refractivity contribution in [2.45, 2.75) is 32.1 Å². The quantitative estimate of drug-likeness (QED) is 0.177. The van der Waals surface area contributed by atoms with E-state index in [2.05, 4.69) is 26.8 Å². The highest BCUT2D eigenvalue weighted by molar-refractivity contribution is 7.85. The predicted molar refractivity (Wildman–Crippen MR) is 129 cm³/mol. The van der Waals surface area contributed by atoms with Gasteiger partial charge in [-0.1, -0.05) is 24.3 Å². The zero-order valence-electron chi connectivity index (χ0n) is 18.8. The Morgan fingerprint density at radius 3 is 2.65 bits per heavy atom. The number of carbonyl (C=O) groups excluding carboxylic acids is 1. The van der Waals surface area contributed by atoms with E-state index in [1.807, 2.05) is 0 Å². The van der Waals surface area contributed by atoms with Crippen LogP contribution in [0, 0.1) is 5.92 Å². The number of piperidine rings is 1. The van der Waals surface area contributed by atoms with Crippen LogP contribution in [0.5, 0.6) is 0 Å². The molecule has 0 aromatic carbocycles. The molecule has 188 valence electrons. The molecule has 12 heteroatoms. The second-order valence-corrected chi connectivity index (χ2v) is 9.89. The molecule has 1 saturated heterocycles. The number of nitrogens with one attached hydrogen (secondary N) is 1. The first kappa shape index (κ1) is 27.7. The fraction of sp³-hybridized carbons (Fsp3) is 0.500. The molecule has 34 heavy (non-hydrogen) atoms. The maximum Gasteiger partial charge on any atom is 0.266 e. The van der Waals surface area contributed by atoms with Gasteiger partial charge in [0.05, 0.1) is 42.5 Å². The van der Waals surface area contributed by atoms with Crippen LogP contribution in [0.4, 0.5) is 10.3 Å². The average molecular weight is 517 g/mol. The van der Waals surface area contributed by atoms with Gasteiger partial charge in [0, 0.05) is 19.6 Å². The summed E-state index contributed by atoms with van der Waals surface area (Å²) in [4.78, 5) is 22.5. The molecule has 0 bridgehead atoms. The molecule has 1 fully saturated rings. The van der Waals surface area contributed by atoms with E-state index in [0.717, 1.165) is 38.8 Å². The number of allylic oxidation sites excluding steroid dienone is 3. The summed E-state index contributed by atoms with van der Waals surface area (Å²) in [6.45, 7) is 5.25. The lowest BCUT2D eigenvalue weighted by molar-refractivity contribution is -0.120. The Labute approximate surface area is 204 Å². The van der Waals surface area contributed by atoms with Crippen molar-refractivity contribution in [1.82, 2.24) is 15.3 Å². The van der Waals surface area contributed by atoms with Gasteiger partial charge >= 0.3 is 0 Å². The van der Waals surface area contributed by atoms with E-state index in [1.165, 1.54) is 18.4 Å². The Hall–Kier alpha value is -2.50. The maximum absolute atomic E-state index is 13.6. The minimum atomic E-state index is -4.17. The van der Waals surface area contributed by atoms with Crippen molar-refractivity contribution < 1.29 is 26.9 Å². The molecule has 2 rings (SSSR count). The van der Waals surface area contributed by atoms with Crippen LogP contribution in [0.1, 0.15) is 32.1 Å². The van der Waals surface area contributed by atoms with Gasteiger partial charge in [0.1, 0.15) is 5.83 Å². The van der Waals surface area contributed by atoms with Gasteiger partial charge in [0.25, 0.3) is 10.1 Å². The van der Waals surface area contributed by atoms with E-state index in [-0.39, 0.29) is 18.5 Å². The van der Waals surface area contributed by atoms with Crippen LogP contribution < -0.4 is 10.2 Å². The molecular formula is C22H30ClFN4O5S. The molecule has 0 saturated carbocycles. The lowest BCUT2D eigenvalue weighted by Gasteiger charge is -2.31. The van der Waals surface area contributed by atoms with Gasteiger partial charge < -0.3 is 15.0 Å². The molecule has 0 spiro atoms. The Morgan fingerprint density at radius 1 is 1.35 bits per heavy atom. The standard InChI is InChI=1S/C22H30ClFN4O5S/c1-17(24)19(14-21(29)25-8-13-34(30,31)32)5-3-12-33-11-2-4-18-6-9-28(10-7-18)22-26-15-20(23)16-27-22/h3,5,12,15-16,18H,1-2,4,6-11,13-14H2,(H,25,29)(H,30,31,32)/b12-3+,19-5-. The average Bonchev–Trinajstić information content (AvgIpc) is 2.77. The van der Waals surface area contributed by atoms with Crippen LogP contribution >= 0.6 is 11.6 Å². The van der Waals surface area contributed by atoms with E-state index in [0.29, 0.717) is 23.5 Å². The lowest BCUT2D eigenvalue weighted by atomic mass is 9.92. The van der Waals surface area contributed by atoms with Gasteiger partial charge in [-0.25, -0.2) is 14.4 Å². The summed E-state index contributed by atoms with van der Waals surface area (Å²) in [5.41, 5.74) is 0.0423. The van der Waals surface area contributed by atoms with Gasteiger partial charge in [-0.05, 0) is 43.3 Å². The van der Waals surface area contributed by atoms with Crippen molar-refractivity contribution >= 4 is 33.6 Å². The van der Waals surface area contributed by atoms with Crippen molar-refractivity contribution in [3.8, 4) is 0 Å². The maximum atomic E-state index is 13.6. The van der Waals surface area contributed by atoms with Crippen LogP contribution in [0.3, 0.4) is 0 Å². The first-order valence-corrected chi connectivity index (χ1v) is 12.9. The molecule has 1 aromatic rings. The van der Waals surface area contributed by atoms with Gasteiger partial charge in [-0.2, -0.15) is 8.42 Å². The molecule has 0 atom stereocenters. The number of aromatic nitrogens is 2. The predicted octanol–water partition coefficient (Wildman–Crippen LogP) is 3.46. The number of halogens is 2. The Bertz CT molecular complexity index is 978. The fourth-order valence-corrected chi connectivity index (χ4v) is 3.88. The van der Waals surface area contributed by atoms with Crippen molar-refractivity contribution in [2.75, 3.05) is 36.9 Å². The van der Waals surface area contributed by atoms with Crippen LogP contribution in [0.25, 0.3) is 0 Å². The van der Waals surface area contributed by atoms with E-state index < -0.39 is 27.6 Å². The molecule has 2 N–H and O–H groups in total. The van der Waals surface area contributed by atoms with E-state index >= 15 is 0 Å². The molecule has 1 amide bonds. The summed E-state index contributed by atoms with van der Waals surface area (Å²) in [5.74, 6) is -0.661. The highest BCUT2D eigenvalue weighted by Crippen LogP contribution is 2.24. The third-order valence-electron chi connectivity index (χ3n) is 5.23. The van der Waals surface area contributed by atoms with Crippen molar-refractivity contribution in [1.29, 1.82) is 0 Å². The van der Waals surface area contributed by atoms with E-state index in [4.69, 9.17) is 20.9 Å². The number of ether oxygens (including phenoxy) is 1. The third kappa shape index (κ3) is 11.1. The third-order valence-corrected chi connectivity index (χ3v) is 6.15. The van der Waals surface area contributed by atoms with Crippen LogP contribution in [-0.4, -0.2) is 60.8 Å². The SMILES string of the molecule is C=C(F)/C(=C\C=C\OCCCC1CCN(c2ncc(Cl)cn2)CC1)CC(=O)NCCS(=O)(=O)O. The minimum Gasteiger partial charge on any atom is -0.501 e. The monoisotopic (exact) mass is 516 g/mol. The molecule has 1 aliphatic heterocycles. The van der Waals surface area contributed by atoms with Crippen LogP contribution in [-0.2, 0) is 19.6 Å². The van der Waals surface area contributed by atoms with Crippen molar-refractivity contribution in [3.63, 3.8) is 0 Å². The number of hydrogen-bond acceptors (Lipinski definition) is 7. The zero-order valence-corrected chi connectivity index (χ0v) is 20.4. The Balaban J connectivity index is 1.63. The highest BCUT2D eigenvalue weighted by atomic mass is 35.5. The molecule has 0 aliphatic carbocycles. The molecule has 9 nitrogen and oxygen atoms in total. The Morgan fingerprint density at radius 2 is 2.03 bits per heavy atom. The number of hydrogen-bond donors (Lipinski definition) is 2. The van der Waals surface area contributed by atoms with Crippen LogP contribution in [0.15, 0.2) is 48.8 Å². The first-order valence-electron chi connectivity index (χ1n) is 10.9. The van der Waals surface area contributed by atoms with Gasteiger partial charge in [-0.15, -0.1) is 0 Å². The second-order valence-electron chi connectivity index (χ2n) is 7.88. The second kappa shape index (κ2) is 14.0. The number of carbonyl (C=O) groups is 1. The molecule has 0 radical (unpaired) electrons. The number of nitrogens with zero attached hydrogens (tertiary/aromatic N) is 3. The minimum absolute atomic E-state index is 0.0423. The van der Waals surface area contributed by atoms with Crippen LogP contribution in [0.2, 0.25) is 5.02 Å². The van der Waals surface area contributed by atoms with E-state index in [9.17, 15) is 17.6 Å². The summed E-state index contributed by atoms with van der Waals surface area (Å²) >= 11 is 5.83. The highest BCUT2D eigenvalue weighted by Gasteiger charge is 2.20. The van der Waals surface area contributed by atoms with Gasteiger partial charge in [0.15, 0.2) is 0 Å². The van der Waals surface area contributed by atoms with E-state index in [1.54, 1.807) is 12.4 Å². The van der Waals surface area contributed by atoms with Gasteiger partial charge in [-0.3, -0.25) is 9.35 Å². The summed E-state index contributed by atoms with van der Waals surface area (Å²) in [6.07, 6.45) is 11.2. The van der Waals surface area contributed by atoms with Gasteiger partial charge in [0.2, 0.25) is 11.9 Å². The molecule has 1 aliphatic rings. The molecule has 1 aromatic heterocycles. The summed E-state index contributed by atoms with van der Waals surface area (Å²) in [7, 11) is -4.17. The zero-order chi connectivity index (χ0) is 25.0. The number of amides is 1. The largest absolute Gasteiger partial charge is 0.501 e. The number of anilines is 1. The van der Waals surface area contributed by atoms with Crippen molar-refractivity contribution in [2.24, 2.45) is 5.92 Å². The fourth-order valence-electron chi connectivity index (χ4n) is 3.42. The molecule has 0 unspecified atom stereocenters. The number of rotatable bonds is 13. The summed E-state index contributed by atoms with van der Waals surface area (Å²) in [5, 5.41) is 2.81. The normalized spacial score (nSPS) is 15.5. The first-order chi connectivity index (χ1) is 16.1. The lowest BCUT2D eigenvalue weighted by Crippen LogP contribution is -2.34. The summed E-state index contributed by atoms with van der Waals surface area (Å²) in [6, 6.07) is 0.